The Hall–Kier alpha value is -1.11. The first-order chi connectivity index (χ1) is 10.5. The first-order valence-electron chi connectivity index (χ1n) is 7.46. The second kappa shape index (κ2) is 11.4. The summed E-state index contributed by atoms with van der Waals surface area (Å²) >= 11 is 3.47. The van der Waals surface area contributed by atoms with Crippen LogP contribution in [0.25, 0.3) is 0 Å². The monoisotopic (exact) mass is 405 g/mol. The maximum Gasteiger partial charge on any atom is 0.236 e. The van der Waals surface area contributed by atoms with Gasteiger partial charge >= 0.3 is 0 Å². The van der Waals surface area contributed by atoms with Gasteiger partial charge in [-0.3, -0.25) is 9.59 Å². The lowest BCUT2D eigenvalue weighted by atomic mass is 10.1. The maximum absolute atomic E-state index is 12.1. The smallest absolute Gasteiger partial charge is 0.236 e. The fourth-order valence-corrected chi connectivity index (χ4v) is 2.44. The maximum atomic E-state index is 12.1. The van der Waals surface area contributed by atoms with Gasteiger partial charge in [0.15, 0.2) is 0 Å². The van der Waals surface area contributed by atoms with E-state index in [1.54, 1.807) is 11.9 Å². The van der Waals surface area contributed by atoms with E-state index < -0.39 is 6.04 Å². The fourth-order valence-electron chi connectivity index (χ4n) is 2.03. The van der Waals surface area contributed by atoms with Crippen LogP contribution in [-0.4, -0.2) is 36.3 Å². The highest BCUT2D eigenvalue weighted by atomic mass is 79.9. The van der Waals surface area contributed by atoms with E-state index in [0.29, 0.717) is 19.5 Å². The molecule has 5 nitrogen and oxygen atoms in total. The summed E-state index contributed by atoms with van der Waals surface area (Å²) in [7, 11) is 1.76. The van der Waals surface area contributed by atoms with E-state index in [1.165, 1.54) is 0 Å². The number of nitrogens with zero attached hydrogens (tertiary/aromatic N) is 1. The van der Waals surface area contributed by atoms with Crippen molar-refractivity contribution in [2.24, 2.45) is 5.73 Å². The molecule has 0 aromatic heterocycles. The first-order valence-corrected chi connectivity index (χ1v) is 8.25. The number of rotatable bonds is 8. The zero-order chi connectivity index (χ0) is 16.5. The standard InChI is InChI=1S/C16H24BrN3O2.ClH/c1-3-6-14(18)16(22)19-10-9-15(21)20(2)11-12-7-4-5-8-13(12)17;/h4-5,7-8,14H,3,6,9-11,18H2,1-2H3,(H,19,22);1H. The Morgan fingerprint density at radius 1 is 1.35 bits per heavy atom. The van der Waals surface area contributed by atoms with Crippen LogP contribution < -0.4 is 11.1 Å². The summed E-state index contributed by atoms with van der Waals surface area (Å²) in [6.45, 7) is 2.83. The average molecular weight is 407 g/mol. The van der Waals surface area contributed by atoms with Crippen LogP contribution >= 0.6 is 28.3 Å². The van der Waals surface area contributed by atoms with Crippen LogP contribution in [0.3, 0.4) is 0 Å². The SMILES string of the molecule is CCCC(N)C(=O)NCCC(=O)N(C)Cc1ccccc1Br.Cl. The topological polar surface area (TPSA) is 75.4 Å². The van der Waals surface area contributed by atoms with Crippen LogP contribution in [0.2, 0.25) is 0 Å². The summed E-state index contributed by atoms with van der Waals surface area (Å²) < 4.78 is 0.980. The van der Waals surface area contributed by atoms with Crippen molar-refractivity contribution >= 4 is 40.2 Å². The Kier molecular flexibility index (Phi) is 10.9. The number of nitrogens with two attached hydrogens (primary N) is 1. The van der Waals surface area contributed by atoms with Gasteiger partial charge in [-0.1, -0.05) is 47.5 Å². The molecule has 2 amide bonds. The minimum atomic E-state index is -0.488. The largest absolute Gasteiger partial charge is 0.354 e. The highest BCUT2D eigenvalue weighted by molar-refractivity contribution is 9.10. The van der Waals surface area contributed by atoms with E-state index in [4.69, 9.17) is 5.73 Å². The number of nitrogens with one attached hydrogen (secondary N) is 1. The molecule has 0 aliphatic carbocycles. The van der Waals surface area contributed by atoms with Crippen molar-refractivity contribution in [1.82, 2.24) is 10.2 Å². The number of hydrogen-bond acceptors (Lipinski definition) is 3. The lowest BCUT2D eigenvalue weighted by Gasteiger charge is -2.18. The molecule has 0 heterocycles. The van der Waals surface area contributed by atoms with E-state index in [-0.39, 0.29) is 30.6 Å². The Labute approximate surface area is 152 Å². The van der Waals surface area contributed by atoms with E-state index in [9.17, 15) is 9.59 Å². The molecule has 0 bridgehead atoms. The van der Waals surface area contributed by atoms with Crippen LogP contribution in [0.1, 0.15) is 31.7 Å². The summed E-state index contributed by atoms with van der Waals surface area (Å²) in [5.74, 6) is -0.205. The predicted molar refractivity (Wildman–Crippen MR) is 98.4 cm³/mol. The van der Waals surface area contributed by atoms with Crippen molar-refractivity contribution in [3.63, 3.8) is 0 Å². The summed E-state index contributed by atoms with van der Waals surface area (Å²) in [4.78, 5) is 25.4. The highest BCUT2D eigenvalue weighted by Crippen LogP contribution is 2.17. The van der Waals surface area contributed by atoms with Crippen molar-refractivity contribution in [2.75, 3.05) is 13.6 Å². The molecule has 1 aromatic carbocycles. The Balaban J connectivity index is 0.00000484. The summed E-state index contributed by atoms with van der Waals surface area (Å²) in [6.07, 6.45) is 1.79. The van der Waals surface area contributed by atoms with Crippen molar-refractivity contribution in [3.8, 4) is 0 Å². The zero-order valence-corrected chi connectivity index (χ0v) is 16.0. The van der Waals surface area contributed by atoms with Gasteiger partial charge in [0.2, 0.25) is 11.8 Å². The molecule has 1 aromatic rings. The molecule has 3 N–H and O–H groups in total. The third-order valence-corrected chi connectivity index (χ3v) is 4.14. The van der Waals surface area contributed by atoms with Crippen molar-refractivity contribution in [3.05, 3.63) is 34.3 Å². The number of hydrogen-bond donors (Lipinski definition) is 2. The summed E-state index contributed by atoms with van der Waals surface area (Å²) in [5, 5.41) is 2.71. The average Bonchev–Trinajstić information content (AvgIpc) is 2.49. The number of benzene rings is 1. The minimum Gasteiger partial charge on any atom is -0.354 e. The number of amides is 2. The molecule has 0 aliphatic heterocycles. The van der Waals surface area contributed by atoms with Crippen LogP contribution in [0.15, 0.2) is 28.7 Å². The molecule has 130 valence electrons. The van der Waals surface area contributed by atoms with Crippen molar-refractivity contribution in [2.45, 2.75) is 38.8 Å². The van der Waals surface area contributed by atoms with E-state index in [2.05, 4.69) is 21.2 Å². The third-order valence-electron chi connectivity index (χ3n) is 3.37. The minimum absolute atomic E-state index is 0. The zero-order valence-electron chi connectivity index (χ0n) is 13.5. The Bertz CT molecular complexity index is 514. The van der Waals surface area contributed by atoms with Gasteiger partial charge in [-0.05, 0) is 18.1 Å². The van der Waals surface area contributed by atoms with Gasteiger partial charge in [-0.25, -0.2) is 0 Å². The molecule has 0 saturated carbocycles. The molecule has 0 radical (unpaired) electrons. The Morgan fingerprint density at radius 2 is 2.00 bits per heavy atom. The van der Waals surface area contributed by atoms with Crippen LogP contribution in [0.4, 0.5) is 0 Å². The fraction of sp³-hybridized carbons (Fsp3) is 0.500. The molecule has 23 heavy (non-hydrogen) atoms. The predicted octanol–water partition coefficient (Wildman–Crippen LogP) is 2.46. The summed E-state index contributed by atoms with van der Waals surface area (Å²) in [5.41, 5.74) is 6.76. The van der Waals surface area contributed by atoms with Gasteiger partial charge in [0.05, 0.1) is 6.04 Å². The van der Waals surface area contributed by atoms with Gasteiger partial charge < -0.3 is 16.0 Å². The lowest BCUT2D eigenvalue weighted by molar-refractivity contribution is -0.130. The van der Waals surface area contributed by atoms with Crippen LogP contribution in [0.5, 0.6) is 0 Å². The molecule has 7 heteroatoms. The van der Waals surface area contributed by atoms with Crippen LogP contribution in [-0.2, 0) is 16.1 Å². The van der Waals surface area contributed by atoms with Gasteiger partial charge in [0.1, 0.15) is 0 Å². The van der Waals surface area contributed by atoms with Crippen molar-refractivity contribution in [1.29, 1.82) is 0 Å². The van der Waals surface area contributed by atoms with E-state index >= 15 is 0 Å². The molecule has 1 rings (SSSR count). The van der Waals surface area contributed by atoms with E-state index in [1.807, 2.05) is 31.2 Å². The third kappa shape index (κ3) is 7.81. The molecular weight excluding hydrogens is 382 g/mol. The molecule has 0 aliphatic rings. The van der Waals surface area contributed by atoms with Crippen LogP contribution in [0, 0.1) is 0 Å². The molecule has 0 saturated heterocycles. The summed E-state index contributed by atoms with van der Waals surface area (Å²) in [6, 6.07) is 7.30. The number of carbonyl (C=O) groups excluding carboxylic acids is 2. The molecular formula is C16H25BrClN3O2. The van der Waals surface area contributed by atoms with Gasteiger partial charge in [0, 0.05) is 31.0 Å². The van der Waals surface area contributed by atoms with Gasteiger partial charge in [-0.15, -0.1) is 12.4 Å². The van der Waals surface area contributed by atoms with E-state index in [0.717, 1.165) is 16.5 Å². The first kappa shape index (κ1) is 21.9. The second-order valence-corrected chi connectivity index (χ2v) is 6.13. The van der Waals surface area contributed by atoms with Gasteiger partial charge in [0.25, 0.3) is 0 Å². The number of carbonyl (C=O) groups is 2. The normalized spacial score (nSPS) is 11.3. The molecule has 1 unspecified atom stereocenters. The number of halogens is 2. The van der Waals surface area contributed by atoms with Crippen molar-refractivity contribution < 1.29 is 9.59 Å². The Morgan fingerprint density at radius 3 is 2.61 bits per heavy atom. The molecule has 1 atom stereocenters. The highest BCUT2D eigenvalue weighted by Gasteiger charge is 2.14. The molecule has 0 spiro atoms. The lowest BCUT2D eigenvalue weighted by Crippen LogP contribution is -2.41. The van der Waals surface area contributed by atoms with Gasteiger partial charge in [-0.2, -0.15) is 0 Å². The molecule has 0 fully saturated rings. The second-order valence-electron chi connectivity index (χ2n) is 5.28. The quantitative estimate of drug-likeness (QED) is 0.696.